The van der Waals surface area contributed by atoms with Crippen LogP contribution in [0.15, 0.2) is 48.5 Å². The van der Waals surface area contributed by atoms with Crippen molar-refractivity contribution < 1.29 is 4.79 Å². The average molecular weight is 478 g/mol. The second-order valence-corrected chi connectivity index (χ2v) is 7.88. The van der Waals surface area contributed by atoms with E-state index in [-0.39, 0.29) is 5.91 Å². The van der Waals surface area contributed by atoms with E-state index in [9.17, 15) is 4.79 Å². The molecule has 1 aliphatic rings. The number of nitrogens with zero attached hydrogens (tertiary/aromatic N) is 2. The summed E-state index contributed by atoms with van der Waals surface area (Å²) in [7, 11) is 0. The Bertz CT molecular complexity index is 969. The highest BCUT2D eigenvalue weighted by Gasteiger charge is 2.23. The molecule has 3 aromatic rings. The molecule has 1 aromatic heterocycles. The average Bonchev–Trinajstić information content (AvgIpc) is 3.25. The first-order valence-corrected chi connectivity index (χ1v) is 9.97. The number of hydrogen-bond acceptors (Lipinski definition) is 2. The summed E-state index contributed by atoms with van der Waals surface area (Å²) in [5.74, 6) is -0.127. The molecule has 1 aliphatic carbocycles. The molecule has 132 valence electrons. The molecule has 1 N–H and O–H groups in total. The fourth-order valence-corrected chi connectivity index (χ4v) is 4.12. The van der Waals surface area contributed by atoms with E-state index in [0.29, 0.717) is 17.1 Å². The van der Waals surface area contributed by atoms with Crippen molar-refractivity contribution in [2.45, 2.75) is 25.8 Å². The van der Waals surface area contributed by atoms with Crippen molar-refractivity contribution in [3.63, 3.8) is 0 Å². The van der Waals surface area contributed by atoms with Gasteiger partial charge in [0.25, 0.3) is 5.91 Å². The van der Waals surface area contributed by atoms with E-state index in [1.807, 2.05) is 28.9 Å². The summed E-state index contributed by atoms with van der Waals surface area (Å²) < 4.78 is 2.90. The maximum absolute atomic E-state index is 12.6. The molecular formula is C20H17ClIN3O. The van der Waals surface area contributed by atoms with Crippen molar-refractivity contribution in [2.24, 2.45) is 0 Å². The van der Waals surface area contributed by atoms with Crippen LogP contribution in [0, 0.1) is 3.57 Å². The molecule has 2 aromatic carbocycles. The van der Waals surface area contributed by atoms with Gasteiger partial charge in [0.15, 0.2) is 0 Å². The van der Waals surface area contributed by atoms with Crippen LogP contribution in [-0.4, -0.2) is 15.7 Å². The van der Waals surface area contributed by atoms with Crippen LogP contribution in [0.25, 0.3) is 5.69 Å². The number of amides is 1. The van der Waals surface area contributed by atoms with E-state index >= 15 is 0 Å². The molecule has 0 saturated heterocycles. The van der Waals surface area contributed by atoms with Gasteiger partial charge < -0.3 is 5.32 Å². The van der Waals surface area contributed by atoms with Crippen LogP contribution in [0.5, 0.6) is 0 Å². The largest absolute Gasteiger partial charge is 0.346 e. The summed E-state index contributed by atoms with van der Waals surface area (Å²) in [5.41, 5.74) is 5.14. The van der Waals surface area contributed by atoms with E-state index in [0.717, 1.165) is 34.2 Å². The summed E-state index contributed by atoms with van der Waals surface area (Å²) in [6.45, 7) is 0.420. The second-order valence-electron chi connectivity index (χ2n) is 6.28. The summed E-state index contributed by atoms with van der Waals surface area (Å²) in [6.07, 6.45) is 3.17. The third kappa shape index (κ3) is 3.38. The molecule has 1 heterocycles. The monoisotopic (exact) mass is 477 g/mol. The van der Waals surface area contributed by atoms with Crippen LogP contribution in [-0.2, 0) is 19.4 Å². The summed E-state index contributed by atoms with van der Waals surface area (Å²) in [6, 6.07) is 15.5. The Labute approximate surface area is 170 Å². The Morgan fingerprint density at radius 1 is 1.19 bits per heavy atom. The van der Waals surface area contributed by atoms with Gasteiger partial charge in [-0.15, -0.1) is 0 Å². The van der Waals surface area contributed by atoms with E-state index in [2.05, 4.69) is 40.0 Å². The molecule has 0 aliphatic heterocycles. The highest BCUT2D eigenvalue weighted by Crippen LogP contribution is 2.28. The fourth-order valence-electron chi connectivity index (χ4n) is 3.37. The van der Waals surface area contributed by atoms with Crippen LogP contribution < -0.4 is 5.32 Å². The molecule has 4 rings (SSSR count). The number of nitrogens with one attached hydrogen (secondary N) is 1. The maximum Gasteiger partial charge on any atom is 0.252 e. The normalized spacial score (nSPS) is 12.8. The van der Waals surface area contributed by atoms with Crippen LogP contribution >= 0.6 is 34.2 Å². The first-order chi connectivity index (χ1) is 12.6. The summed E-state index contributed by atoms with van der Waals surface area (Å²) >= 11 is 8.18. The lowest BCUT2D eigenvalue weighted by molar-refractivity contribution is 0.0949. The zero-order valence-corrected chi connectivity index (χ0v) is 16.9. The molecule has 0 atom stereocenters. The first kappa shape index (κ1) is 17.5. The van der Waals surface area contributed by atoms with Crippen molar-refractivity contribution in [3.05, 3.63) is 79.6 Å². The quantitative estimate of drug-likeness (QED) is 0.561. The molecule has 4 nitrogen and oxygen atoms in total. The molecule has 26 heavy (non-hydrogen) atoms. The highest BCUT2D eigenvalue weighted by molar-refractivity contribution is 14.1. The minimum atomic E-state index is -0.127. The number of rotatable bonds is 4. The second kappa shape index (κ2) is 7.40. The van der Waals surface area contributed by atoms with Gasteiger partial charge in [0.1, 0.15) is 0 Å². The van der Waals surface area contributed by atoms with Gasteiger partial charge in [-0.05, 0) is 77.7 Å². The molecule has 0 saturated carbocycles. The molecule has 0 unspecified atom stereocenters. The number of aromatic nitrogens is 2. The number of carbonyl (C=O) groups excluding carboxylic acids is 1. The lowest BCUT2D eigenvalue weighted by Gasteiger charge is -2.07. The van der Waals surface area contributed by atoms with Gasteiger partial charge in [0, 0.05) is 14.3 Å². The number of halogens is 2. The fraction of sp³-hybridized carbons (Fsp3) is 0.200. The van der Waals surface area contributed by atoms with Crippen LogP contribution in [0.1, 0.15) is 33.7 Å². The third-order valence-corrected chi connectivity index (χ3v) is 5.78. The Balaban J connectivity index is 1.58. The van der Waals surface area contributed by atoms with Gasteiger partial charge in [0.2, 0.25) is 0 Å². The lowest BCUT2D eigenvalue weighted by Crippen LogP contribution is -2.24. The molecular weight excluding hydrogens is 461 g/mol. The van der Waals surface area contributed by atoms with Gasteiger partial charge in [0.05, 0.1) is 23.5 Å². The third-order valence-electron chi connectivity index (χ3n) is 4.60. The Morgan fingerprint density at radius 2 is 2.00 bits per heavy atom. The highest BCUT2D eigenvalue weighted by atomic mass is 127. The Morgan fingerprint density at radius 3 is 2.81 bits per heavy atom. The van der Waals surface area contributed by atoms with Crippen LogP contribution in [0.3, 0.4) is 0 Å². The topological polar surface area (TPSA) is 46.9 Å². The van der Waals surface area contributed by atoms with E-state index in [1.165, 1.54) is 11.3 Å². The van der Waals surface area contributed by atoms with E-state index in [1.54, 1.807) is 12.1 Å². The number of hydrogen-bond donors (Lipinski definition) is 1. The zero-order valence-electron chi connectivity index (χ0n) is 14.0. The van der Waals surface area contributed by atoms with Gasteiger partial charge in [-0.1, -0.05) is 29.8 Å². The van der Waals surface area contributed by atoms with Crippen LogP contribution in [0.2, 0.25) is 5.02 Å². The first-order valence-electron chi connectivity index (χ1n) is 8.52. The van der Waals surface area contributed by atoms with Crippen molar-refractivity contribution in [1.29, 1.82) is 0 Å². The summed E-state index contributed by atoms with van der Waals surface area (Å²) in [4.78, 5) is 12.6. The molecule has 0 bridgehead atoms. The minimum absolute atomic E-state index is 0.127. The smallest absolute Gasteiger partial charge is 0.252 e. The number of carbonyl (C=O) groups is 1. The van der Waals surface area contributed by atoms with Gasteiger partial charge in [-0.2, -0.15) is 5.10 Å². The SMILES string of the molecule is O=C(NCc1nn(-c2ccccc2)c2c1CCC2)c1cc(Cl)ccc1I. The molecule has 0 spiro atoms. The standard InChI is InChI=1S/C20H17ClIN3O/c21-13-9-10-17(22)16(11-13)20(26)23-12-18-15-7-4-8-19(15)25(24-18)14-5-2-1-3-6-14/h1-3,5-6,9-11H,4,7-8,12H2,(H,23,26). The minimum Gasteiger partial charge on any atom is -0.346 e. The van der Waals surface area contributed by atoms with Gasteiger partial charge in [-0.25, -0.2) is 4.68 Å². The van der Waals surface area contributed by atoms with Gasteiger partial charge in [-0.3, -0.25) is 4.79 Å². The molecule has 1 amide bonds. The lowest BCUT2D eigenvalue weighted by atomic mass is 10.2. The van der Waals surface area contributed by atoms with E-state index < -0.39 is 0 Å². The number of fused-ring (bicyclic) bond motifs is 1. The molecule has 0 fully saturated rings. The van der Waals surface area contributed by atoms with Crippen molar-refractivity contribution >= 4 is 40.1 Å². The summed E-state index contributed by atoms with van der Waals surface area (Å²) in [5, 5.41) is 8.34. The maximum atomic E-state index is 12.6. The molecule has 6 heteroatoms. The van der Waals surface area contributed by atoms with Crippen molar-refractivity contribution in [1.82, 2.24) is 15.1 Å². The van der Waals surface area contributed by atoms with Gasteiger partial charge >= 0.3 is 0 Å². The number of benzene rings is 2. The van der Waals surface area contributed by atoms with Crippen molar-refractivity contribution in [3.8, 4) is 5.69 Å². The Kier molecular flexibility index (Phi) is 5.00. The van der Waals surface area contributed by atoms with Crippen LogP contribution in [0.4, 0.5) is 0 Å². The predicted octanol–water partition coefficient (Wildman–Crippen LogP) is 4.55. The zero-order chi connectivity index (χ0) is 18.1. The predicted molar refractivity (Wildman–Crippen MR) is 111 cm³/mol. The Hall–Kier alpha value is -1.86. The molecule has 0 radical (unpaired) electrons. The number of para-hydroxylation sites is 1. The van der Waals surface area contributed by atoms with E-state index in [4.69, 9.17) is 16.7 Å². The van der Waals surface area contributed by atoms with Crippen molar-refractivity contribution in [2.75, 3.05) is 0 Å².